The summed E-state index contributed by atoms with van der Waals surface area (Å²) in [7, 11) is 0. The fourth-order valence-electron chi connectivity index (χ4n) is 1.91. The van der Waals surface area contributed by atoms with E-state index in [2.05, 4.69) is 4.98 Å². The zero-order valence-electron chi connectivity index (χ0n) is 12.3. The molecule has 6 heteroatoms. The molecule has 0 saturated heterocycles. The second-order valence-corrected chi connectivity index (χ2v) is 4.61. The average Bonchev–Trinajstić information content (AvgIpc) is 2.53. The minimum Gasteiger partial charge on any atom is -0.494 e. The Labute approximate surface area is 131 Å². The van der Waals surface area contributed by atoms with Crippen LogP contribution in [-0.2, 0) is 6.18 Å². The number of ether oxygens (including phenoxy) is 1. The number of allylic oxidation sites excluding steroid dienone is 1. The number of halogens is 3. The summed E-state index contributed by atoms with van der Waals surface area (Å²) >= 11 is 0. The summed E-state index contributed by atoms with van der Waals surface area (Å²) in [6, 6.07) is 11.1. The Morgan fingerprint density at radius 2 is 2.09 bits per heavy atom. The van der Waals surface area contributed by atoms with Crippen molar-refractivity contribution < 1.29 is 17.9 Å². The quantitative estimate of drug-likeness (QED) is 0.776. The third-order valence-electron chi connectivity index (χ3n) is 2.97. The van der Waals surface area contributed by atoms with Gasteiger partial charge in [0.15, 0.2) is 0 Å². The summed E-state index contributed by atoms with van der Waals surface area (Å²) in [6.07, 6.45) is -2.18. The Kier molecular flexibility index (Phi) is 5.02. The first-order valence-electron chi connectivity index (χ1n) is 6.82. The zero-order valence-corrected chi connectivity index (χ0v) is 12.3. The second-order valence-electron chi connectivity index (χ2n) is 4.61. The van der Waals surface area contributed by atoms with Crippen molar-refractivity contribution in [2.45, 2.75) is 13.1 Å². The first-order chi connectivity index (χ1) is 10.9. The van der Waals surface area contributed by atoms with E-state index in [1.165, 1.54) is 6.07 Å². The maximum Gasteiger partial charge on any atom is 0.417 e. The van der Waals surface area contributed by atoms with Gasteiger partial charge in [-0.15, -0.1) is 0 Å². The molecule has 0 spiro atoms. The molecule has 1 aromatic heterocycles. The zero-order chi connectivity index (χ0) is 16.9. The summed E-state index contributed by atoms with van der Waals surface area (Å²) in [5.41, 5.74) is 0.209. The molecule has 3 nitrogen and oxygen atoms in total. The standard InChI is InChI=1S/C17H13F3N2O/c1-2-23-15-5-3-4-12(9-15)8-13(10-21)16-7-6-14(11-22-16)17(18,19)20/h3-9,11H,2H2,1H3/b13-8+. The van der Waals surface area contributed by atoms with Gasteiger partial charge in [-0.3, -0.25) is 4.98 Å². The third kappa shape index (κ3) is 4.33. The van der Waals surface area contributed by atoms with Gasteiger partial charge >= 0.3 is 6.18 Å². The molecule has 0 fully saturated rings. The van der Waals surface area contributed by atoms with Crippen molar-refractivity contribution in [2.24, 2.45) is 0 Å². The Hall–Kier alpha value is -2.81. The molecule has 0 unspecified atom stereocenters. The molecule has 0 aliphatic carbocycles. The number of aromatic nitrogens is 1. The van der Waals surface area contributed by atoms with Crippen molar-refractivity contribution in [2.75, 3.05) is 6.61 Å². The van der Waals surface area contributed by atoms with Gasteiger partial charge in [-0.05, 0) is 42.8 Å². The topological polar surface area (TPSA) is 45.9 Å². The number of nitrogens with zero attached hydrogens (tertiary/aromatic N) is 2. The number of pyridine rings is 1. The van der Waals surface area contributed by atoms with Crippen LogP contribution in [0.25, 0.3) is 11.6 Å². The molecular formula is C17H13F3N2O. The maximum absolute atomic E-state index is 12.5. The van der Waals surface area contributed by atoms with Gasteiger partial charge in [0, 0.05) is 6.20 Å². The molecule has 0 aliphatic rings. The Balaban J connectivity index is 2.32. The molecule has 0 radical (unpaired) electrons. The van der Waals surface area contributed by atoms with Crippen molar-refractivity contribution in [1.82, 2.24) is 4.98 Å². The molecule has 1 aromatic carbocycles. The molecule has 0 amide bonds. The highest BCUT2D eigenvalue weighted by molar-refractivity contribution is 5.88. The molecule has 2 rings (SSSR count). The number of rotatable bonds is 4. The summed E-state index contributed by atoms with van der Waals surface area (Å²) in [5, 5.41) is 9.23. The SMILES string of the molecule is CCOc1cccc(/C=C(\C#N)c2ccc(C(F)(F)F)cn2)c1. The highest BCUT2D eigenvalue weighted by atomic mass is 19.4. The van der Waals surface area contributed by atoms with Gasteiger partial charge < -0.3 is 4.74 Å². The van der Waals surface area contributed by atoms with Crippen molar-refractivity contribution in [3.05, 3.63) is 59.4 Å². The van der Waals surface area contributed by atoms with Gasteiger partial charge in [0.1, 0.15) is 11.8 Å². The van der Waals surface area contributed by atoms with Gasteiger partial charge in [-0.25, -0.2) is 0 Å². The van der Waals surface area contributed by atoms with Crippen LogP contribution in [0.1, 0.15) is 23.7 Å². The van der Waals surface area contributed by atoms with Crippen LogP contribution in [0.5, 0.6) is 5.75 Å². The molecule has 0 saturated carbocycles. The van der Waals surface area contributed by atoms with E-state index >= 15 is 0 Å². The van der Waals surface area contributed by atoms with Crippen LogP contribution in [0.2, 0.25) is 0 Å². The van der Waals surface area contributed by atoms with E-state index < -0.39 is 11.7 Å². The Bertz CT molecular complexity index is 744. The number of benzene rings is 1. The largest absolute Gasteiger partial charge is 0.494 e. The third-order valence-corrected chi connectivity index (χ3v) is 2.97. The van der Waals surface area contributed by atoms with E-state index in [9.17, 15) is 18.4 Å². The summed E-state index contributed by atoms with van der Waals surface area (Å²) in [5.74, 6) is 0.652. The van der Waals surface area contributed by atoms with Crippen LogP contribution >= 0.6 is 0 Å². The lowest BCUT2D eigenvalue weighted by Crippen LogP contribution is -2.05. The van der Waals surface area contributed by atoms with E-state index in [-0.39, 0.29) is 11.3 Å². The summed E-state index contributed by atoms with van der Waals surface area (Å²) < 4.78 is 43.0. The lowest BCUT2D eigenvalue weighted by Gasteiger charge is -2.07. The van der Waals surface area contributed by atoms with Crippen LogP contribution in [0.15, 0.2) is 42.6 Å². The molecule has 0 bridgehead atoms. The molecule has 2 aromatic rings. The van der Waals surface area contributed by atoms with Crippen LogP contribution in [0.4, 0.5) is 13.2 Å². The molecule has 118 valence electrons. The minimum absolute atomic E-state index is 0.173. The molecule has 1 heterocycles. The lowest BCUT2D eigenvalue weighted by molar-refractivity contribution is -0.137. The Morgan fingerprint density at radius 1 is 1.30 bits per heavy atom. The van der Waals surface area contributed by atoms with Gasteiger partial charge in [0.05, 0.1) is 23.4 Å². The number of hydrogen-bond donors (Lipinski definition) is 0. The fraction of sp³-hybridized carbons (Fsp3) is 0.176. The molecule has 0 aliphatic heterocycles. The van der Waals surface area contributed by atoms with E-state index in [0.29, 0.717) is 17.9 Å². The number of alkyl halides is 3. The normalized spacial score (nSPS) is 11.9. The van der Waals surface area contributed by atoms with Crippen LogP contribution in [0.3, 0.4) is 0 Å². The summed E-state index contributed by atoms with van der Waals surface area (Å²) in [6.45, 7) is 2.37. The van der Waals surface area contributed by atoms with Crippen LogP contribution in [0, 0.1) is 11.3 Å². The summed E-state index contributed by atoms with van der Waals surface area (Å²) in [4.78, 5) is 3.73. The highest BCUT2D eigenvalue weighted by Crippen LogP contribution is 2.29. The van der Waals surface area contributed by atoms with Crippen LogP contribution < -0.4 is 4.74 Å². The lowest BCUT2D eigenvalue weighted by atomic mass is 10.1. The molecular weight excluding hydrogens is 305 g/mol. The predicted molar refractivity (Wildman–Crippen MR) is 80.3 cm³/mol. The van der Waals surface area contributed by atoms with E-state index in [1.807, 2.05) is 13.0 Å². The fourth-order valence-corrected chi connectivity index (χ4v) is 1.91. The number of nitriles is 1. The smallest absolute Gasteiger partial charge is 0.417 e. The van der Waals surface area contributed by atoms with Gasteiger partial charge in [0.2, 0.25) is 0 Å². The predicted octanol–water partition coefficient (Wildman–Crippen LogP) is 4.56. The molecule has 23 heavy (non-hydrogen) atoms. The van der Waals surface area contributed by atoms with E-state index in [4.69, 9.17) is 4.74 Å². The van der Waals surface area contributed by atoms with E-state index in [1.54, 1.807) is 30.3 Å². The maximum atomic E-state index is 12.5. The highest BCUT2D eigenvalue weighted by Gasteiger charge is 2.30. The van der Waals surface area contributed by atoms with Crippen molar-refractivity contribution in [1.29, 1.82) is 5.26 Å². The van der Waals surface area contributed by atoms with E-state index in [0.717, 1.165) is 12.3 Å². The van der Waals surface area contributed by atoms with Crippen LogP contribution in [-0.4, -0.2) is 11.6 Å². The van der Waals surface area contributed by atoms with Crippen molar-refractivity contribution in [3.8, 4) is 11.8 Å². The van der Waals surface area contributed by atoms with Gasteiger partial charge in [-0.1, -0.05) is 12.1 Å². The molecule has 0 N–H and O–H groups in total. The monoisotopic (exact) mass is 318 g/mol. The Morgan fingerprint density at radius 3 is 2.65 bits per heavy atom. The van der Waals surface area contributed by atoms with Gasteiger partial charge in [0.25, 0.3) is 0 Å². The number of hydrogen-bond acceptors (Lipinski definition) is 3. The van der Waals surface area contributed by atoms with Gasteiger partial charge in [-0.2, -0.15) is 18.4 Å². The first kappa shape index (κ1) is 16.6. The first-order valence-corrected chi connectivity index (χ1v) is 6.82. The van der Waals surface area contributed by atoms with Crippen molar-refractivity contribution in [3.63, 3.8) is 0 Å². The second kappa shape index (κ2) is 6.97. The van der Waals surface area contributed by atoms with Crippen molar-refractivity contribution >= 4 is 11.6 Å². The minimum atomic E-state index is -4.45. The average molecular weight is 318 g/mol. The molecule has 0 atom stereocenters.